The molecule has 96 valence electrons. The Labute approximate surface area is 99.9 Å². The molecule has 0 aromatic rings. The van der Waals surface area contributed by atoms with Crippen molar-refractivity contribution in [1.82, 2.24) is 5.32 Å². The van der Waals surface area contributed by atoms with Crippen LogP contribution >= 0.6 is 0 Å². The maximum atomic E-state index is 5.29. The lowest BCUT2D eigenvalue weighted by molar-refractivity contribution is 0.238. The molecule has 0 amide bonds. The van der Waals surface area contributed by atoms with Gasteiger partial charge in [-0.2, -0.15) is 0 Å². The van der Waals surface area contributed by atoms with E-state index >= 15 is 0 Å². The van der Waals surface area contributed by atoms with Crippen LogP contribution < -0.4 is 16.8 Å². The van der Waals surface area contributed by atoms with Crippen molar-refractivity contribution in [1.29, 1.82) is 0 Å². The fraction of sp³-hybridized carbons (Fsp3) is 0.917. The first kappa shape index (κ1) is 15.2. The van der Waals surface area contributed by atoms with Gasteiger partial charge in [0.25, 0.3) is 0 Å². The Kier molecular flexibility index (Phi) is 6.41. The summed E-state index contributed by atoms with van der Waals surface area (Å²) >= 11 is 0. The van der Waals surface area contributed by atoms with Gasteiger partial charge in [0.15, 0.2) is 5.96 Å². The smallest absolute Gasteiger partial charge is 0.185 e. The summed E-state index contributed by atoms with van der Waals surface area (Å²) in [6, 6.07) is 1.01. The predicted molar refractivity (Wildman–Crippen MR) is 71.4 cm³/mol. The fourth-order valence-electron chi connectivity index (χ4n) is 1.67. The molecule has 0 saturated heterocycles. The summed E-state index contributed by atoms with van der Waals surface area (Å²) in [7, 11) is 0. The zero-order valence-electron chi connectivity index (χ0n) is 11.4. The Hall–Kier alpha value is -0.770. The lowest BCUT2D eigenvalue weighted by atomic mass is 9.83. The number of guanidine groups is 1. The van der Waals surface area contributed by atoms with Gasteiger partial charge >= 0.3 is 0 Å². The van der Waals surface area contributed by atoms with E-state index in [1.165, 1.54) is 0 Å². The molecule has 0 aromatic heterocycles. The van der Waals surface area contributed by atoms with Crippen molar-refractivity contribution in [2.75, 3.05) is 6.54 Å². The maximum absolute atomic E-state index is 5.29. The van der Waals surface area contributed by atoms with Crippen LogP contribution in [0, 0.1) is 5.41 Å². The molecule has 0 saturated carbocycles. The summed E-state index contributed by atoms with van der Waals surface area (Å²) < 4.78 is 0. The zero-order chi connectivity index (χ0) is 12.8. The van der Waals surface area contributed by atoms with Crippen LogP contribution in [0.3, 0.4) is 0 Å². The Morgan fingerprint density at radius 2 is 1.81 bits per heavy atom. The van der Waals surface area contributed by atoms with E-state index in [1.54, 1.807) is 0 Å². The van der Waals surface area contributed by atoms with Gasteiger partial charge in [-0.3, -0.25) is 4.99 Å². The highest BCUT2D eigenvalue weighted by molar-refractivity contribution is 5.75. The highest BCUT2D eigenvalue weighted by Gasteiger charge is 2.24. The molecule has 0 rings (SSSR count). The molecular weight excluding hydrogens is 200 g/mol. The van der Waals surface area contributed by atoms with Crippen LogP contribution in [0.25, 0.3) is 0 Å². The predicted octanol–water partition coefficient (Wildman–Crippen LogP) is 1.45. The third-order valence-corrected chi connectivity index (χ3v) is 2.53. The Morgan fingerprint density at radius 1 is 1.25 bits per heavy atom. The van der Waals surface area contributed by atoms with Gasteiger partial charge in [0, 0.05) is 18.6 Å². The van der Waals surface area contributed by atoms with Crippen molar-refractivity contribution >= 4 is 5.96 Å². The van der Waals surface area contributed by atoms with Crippen LogP contribution in [0.1, 0.15) is 47.5 Å². The summed E-state index contributed by atoms with van der Waals surface area (Å²) in [5.41, 5.74) is 10.8. The summed E-state index contributed by atoms with van der Waals surface area (Å²) in [4.78, 5) is 4.00. The molecule has 4 heteroatoms. The topological polar surface area (TPSA) is 76.4 Å². The Bertz CT molecular complexity index is 212. The number of nitrogens with two attached hydrogens (primary N) is 2. The molecule has 0 spiro atoms. The van der Waals surface area contributed by atoms with Crippen LogP contribution in [0.4, 0.5) is 0 Å². The molecule has 1 unspecified atom stereocenters. The average molecular weight is 228 g/mol. The second-order valence-corrected chi connectivity index (χ2v) is 5.69. The third-order valence-electron chi connectivity index (χ3n) is 2.53. The molecule has 0 aliphatic rings. The van der Waals surface area contributed by atoms with E-state index in [2.05, 4.69) is 44.9 Å². The molecule has 0 aliphatic carbocycles. The van der Waals surface area contributed by atoms with E-state index in [0.717, 1.165) is 12.8 Å². The van der Waals surface area contributed by atoms with Crippen molar-refractivity contribution in [3.05, 3.63) is 0 Å². The second kappa shape index (κ2) is 6.74. The van der Waals surface area contributed by atoms with Gasteiger partial charge < -0.3 is 16.8 Å². The monoisotopic (exact) mass is 228 g/mol. The zero-order valence-corrected chi connectivity index (χ0v) is 11.4. The number of hydrogen-bond acceptors (Lipinski definition) is 2. The summed E-state index contributed by atoms with van der Waals surface area (Å²) in [6.45, 7) is 11.8. The highest BCUT2D eigenvalue weighted by atomic mass is 15.0. The number of nitrogens with zero attached hydrogens (tertiary/aromatic N) is 1. The molecule has 0 heterocycles. The minimum absolute atomic E-state index is 0.184. The number of rotatable bonds is 6. The molecule has 0 radical (unpaired) electrons. The Morgan fingerprint density at radius 3 is 2.19 bits per heavy atom. The minimum atomic E-state index is 0.184. The van der Waals surface area contributed by atoms with E-state index in [1.807, 2.05) is 0 Å². The molecule has 1 atom stereocenters. The van der Waals surface area contributed by atoms with E-state index < -0.39 is 0 Å². The molecule has 16 heavy (non-hydrogen) atoms. The van der Waals surface area contributed by atoms with Crippen LogP contribution in [0.2, 0.25) is 0 Å². The first-order valence-corrected chi connectivity index (χ1v) is 6.05. The van der Waals surface area contributed by atoms with Gasteiger partial charge in [0.2, 0.25) is 0 Å². The molecule has 0 bridgehead atoms. The summed E-state index contributed by atoms with van der Waals surface area (Å²) in [5.74, 6) is 0.184. The SMILES string of the molecule is CC(C)NC(CCCN=C(N)N)C(C)(C)C. The van der Waals surface area contributed by atoms with Gasteiger partial charge in [-0.05, 0) is 18.3 Å². The van der Waals surface area contributed by atoms with Gasteiger partial charge in [-0.15, -0.1) is 0 Å². The van der Waals surface area contributed by atoms with Crippen molar-refractivity contribution < 1.29 is 0 Å². The average Bonchev–Trinajstić information content (AvgIpc) is 2.07. The first-order chi connectivity index (χ1) is 7.23. The molecule has 5 N–H and O–H groups in total. The highest BCUT2D eigenvalue weighted by Crippen LogP contribution is 2.23. The van der Waals surface area contributed by atoms with Crippen molar-refractivity contribution in [3.8, 4) is 0 Å². The van der Waals surface area contributed by atoms with E-state index in [0.29, 0.717) is 18.6 Å². The number of nitrogens with one attached hydrogen (secondary N) is 1. The molecular formula is C12H28N4. The van der Waals surface area contributed by atoms with E-state index in [4.69, 9.17) is 11.5 Å². The van der Waals surface area contributed by atoms with Crippen LogP contribution in [-0.4, -0.2) is 24.6 Å². The van der Waals surface area contributed by atoms with Crippen LogP contribution in [0.5, 0.6) is 0 Å². The standard InChI is InChI=1S/C12H28N4/c1-9(2)16-10(12(3,4)5)7-6-8-15-11(13)14/h9-10,16H,6-8H2,1-5H3,(H4,13,14,15). The maximum Gasteiger partial charge on any atom is 0.185 e. The van der Waals surface area contributed by atoms with Crippen LogP contribution in [0.15, 0.2) is 4.99 Å². The largest absolute Gasteiger partial charge is 0.370 e. The van der Waals surface area contributed by atoms with Gasteiger partial charge in [0.1, 0.15) is 0 Å². The van der Waals surface area contributed by atoms with Gasteiger partial charge in [-0.25, -0.2) is 0 Å². The van der Waals surface area contributed by atoms with Crippen molar-refractivity contribution in [2.45, 2.75) is 59.5 Å². The normalized spacial score (nSPS) is 13.9. The van der Waals surface area contributed by atoms with E-state index in [9.17, 15) is 0 Å². The van der Waals surface area contributed by atoms with Crippen molar-refractivity contribution in [3.63, 3.8) is 0 Å². The second-order valence-electron chi connectivity index (χ2n) is 5.69. The molecule has 0 fully saturated rings. The van der Waals surface area contributed by atoms with Crippen LogP contribution in [-0.2, 0) is 0 Å². The van der Waals surface area contributed by atoms with E-state index in [-0.39, 0.29) is 11.4 Å². The number of aliphatic imine (C=N–C) groups is 1. The van der Waals surface area contributed by atoms with Gasteiger partial charge in [-0.1, -0.05) is 34.6 Å². The minimum Gasteiger partial charge on any atom is -0.370 e. The number of hydrogen-bond donors (Lipinski definition) is 3. The summed E-state index contributed by atoms with van der Waals surface area (Å²) in [6.07, 6.45) is 2.11. The molecule has 4 nitrogen and oxygen atoms in total. The van der Waals surface area contributed by atoms with Gasteiger partial charge in [0.05, 0.1) is 0 Å². The first-order valence-electron chi connectivity index (χ1n) is 6.05. The fourth-order valence-corrected chi connectivity index (χ4v) is 1.67. The van der Waals surface area contributed by atoms with Crippen molar-refractivity contribution in [2.24, 2.45) is 21.9 Å². The molecule has 0 aromatic carbocycles. The molecule has 0 aliphatic heterocycles. The quantitative estimate of drug-likeness (QED) is 0.366. The lowest BCUT2D eigenvalue weighted by Crippen LogP contribution is -2.43. The summed E-state index contributed by atoms with van der Waals surface area (Å²) in [5, 5.41) is 3.60. The lowest BCUT2D eigenvalue weighted by Gasteiger charge is -2.33. The Balaban J connectivity index is 4.08. The third kappa shape index (κ3) is 7.51.